The second-order valence-electron chi connectivity index (χ2n) is 23.4. The Morgan fingerprint density at radius 1 is 0.391 bits per heavy atom. The number of ether oxygens (including phenoxy) is 5. The number of aliphatic hydroxyl groups is 2. The number of hydrogen-bond donors (Lipinski definition) is 3. The Balaban J connectivity index is 2.67. The molecule has 496 valence electrons. The topological polar surface area (TPSA) is 175 Å². The Labute approximate surface area is 529 Å². The molecule has 87 heavy (non-hydrogen) atoms. The van der Waals surface area contributed by atoms with E-state index >= 15 is 0 Å². The molecule has 0 aromatic rings. The minimum absolute atomic E-state index is 0.0477. The summed E-state index contributed by atoms with van der Waals surface area (Å²) < 4.78 is 28.6. The quantitative estimate of drug-likeness (QED) is 0.0228. The molecule has 12 heteroatoms. The number of hydrogen-bond acceptors (Lipinski definition) is 11. The van der Waals surface area contributed by atoms with E-state index < -0.39 is 67.3 Å². The molecule has 0 amide bonds. The molecule has 1 heterocycles. The van der Waals surface area contributed by atoms with Crippen molar-refractivity contribution < 1.29 is 58.2 Å². The highest BCUT2D eigenvalue weighted by atomic mass is 16.7. The fourth-order valence-corrected chi connectivity index (χ4v) is 9.99. The van der Waals surface area contributed by atoms with Gasteiger partial charge in [0.25, 0.3) is 0 Å². The first kappa shape index (κ1) is 80.4. The first-order chi connectivity index (χ1) is 42.6. The van der Waals surface area contributed by atoms with Crippen LogP contribution in [0.15, 0.2) is 109 Å². The van der Waals surface area contributed by atoms with Crippen LogP contribution >= 0.6 is 0 Å². The number of carboxylic acid groups (broad SMARTS) is 1. The Bertz CT molecular complexity index is 1930. The molecule has 0 saturated carbocycles. The van der Waals surface area contributed by atoms with E-state index in [-0.39, 0.29) is 25.9 Å². The van der Waals surface area contributed by atoms with Crippen LogP contribution in [-0.2, 0) is 42.9 Å². The maximum Gasteiger partial charge on any atom is 0.335 e. The lowest BCUT2D eigenvalue weighted by atomic mass is 9.98. The smallest absolute Gasteiger partial charge is 0.335 e. The number of allylic oxidation sites excluding steroid dienone is 18. The van der Waals surface area contributed by atoms with Gasteiger partial charge in [-0.15, -0.1) is 0 Å². The van der Waals surface area contributed by atoms with E-state index in [0.29, 0.717) is 19.3 Å². The molecule has 12 nitrogen and oxygen atoms in total. The number of carbonyl (C=O) groups is 4. The Hall–Kier alpha value is -4.62. The van der Waals surface area contributed by atoms with Crippen molar-refractivity contribution in [2.24, 2.45) is 0 Å². The van der Waals surface area contributed by atoms with Crippen molar-refractivity contribution in [3.05, 3.63) is 109 Å². The molecule has 1 rings (SSSR count). The number of carbonyl (C=O) groups excluding carboxylic acids is 3. The fraction of sp³-hybridized carbons (Fsp3) is 0.707. The molecule has 1 aliphatic rings. The molecular formula is C75H124O12. The lowest BCUT2D eigenvalue weighted by Crippen LogP contribution is -2.61. The van der Waals surface area contributed by atoms with Gasteiger partial charge in [-0.1, -0.05) is 252 Å². The standard InChI is InChI=1S/C75H124O12/c1-4-7-10-13-16-19-22-25-28-31-34-37-40-43-46-49-52-55-58-61-67(76)83-64-66(85-68(77)62-59-56-53-50-47-44-41-38-35-32-29-26-23-20-17-14-11-8-5-2)65-84-75-73(71(80)70(79)72(87-75)74(81)82)86-69(78)63-60-57-54-51-48-45-42-39-36-33-30-27-24-21-18-15-12-9-6-3/h7,10,16-21,25-30,34,37,43,46,66,70-73,75,79-80H,4-6,8-9,11-15,22-24,31-33,35-36,38-42,44-45,47-65H2,1-3H3,(H,81,82)/b10-7-,19-16-,20-17-,21-18-,28-25-,29-26-,30-27-,37-34-,46-43-. The van der Waals surface area contributed by atoms with Gasteiger partial charge in [-0.3, -0.25) is 14.4 Å². The summed E-state index contributed by atoms with van der Waals surface area (Å²) >= 11 is 0. The van der Waals surface area contributed by atoms with Crippen molar-refractivity contribution in [3.63, 3.8) is 0 Å². The van der Waals surface area contributed by atoms with Gasteiger partial charge >= 0.3 is 23.9 Å². The van der Waals surface area contributed by atoms with E-state index in [1.807, 2.05) is 0 Å². The Morgan fingerprint density at radius 2 is 0.724 bits per heavy atom. The highest BCUT2D eigenvalue weighted by Crippen LogP contribution is 2.27. The molecule has 1 aliphatic heterocycles. The van der Waals surface area contributed by atoms with Gasteiger partial charge in [0.05, 0.1) is 6.61 Å². The van der Waals surface area contributed by atoms with Crippen LogP contribution in [0.1, 0.15) is 290 Å². The second-order valence-corrected chi connectivity index (χ2v) is 23.4. The van der Waals surface area contributed by atoms with Crippen molar-refractivity contribution in [2.45, 2.75) is 327 Å². The maximum absolute atomic E-state index is 13.2. The van der Waals surface area contributed by atoms with Crippen molar-refractivity contribution in [1.82, 2.24) is 0 Å². The average Bonchev–Trinajstić information content (AvgIpc) is 2.56. The van der Waals surface area contributed by atoms with Crippen molar-refractivity contribution >= 4 is 23.9 Å². The van der Waals surface area contributed by atoms with Crippen LogP contribution in [-0.4, -0.2) is 89.2 Å². The average molecular weight is 1220 g/mol. The van der Waals surface area contributed by atoms with Gasteiger partial charge < -0.3 is 39.0 Å². The number of rotatable bonds is 59. The predicted molar refractivity (Wildman–Crippen MR) is 358 cm³/mol. The summed E-state index contributed by atoms with van der Waals surface area (Å²) in [5.74, 6) is -3.17. The molecule has 3 N–H and O–H groups in total. The summed E-state index contributed by atoms with van der Waals surface area (Å²) in [5.41, 5.74) is 0. The van der Waals surface area contributed by atoms with E-state index in [1.54, 1.807) is 0 Å². The van der Waals surface area contributed by atoms with Crippen LogP contribution in [0, 0.1) is 0 Å². The summed E-state index contributed by atoms with van der Waals surface area (Å²) in [6, 6.07) is 0. The first-order valence-corrected chi connectivity index (χ1v) is 34.9. The maximum atomic E-state index is 13.2. The molecule has 0 aromatic carbocycles. The zero-order chi connectivity index (χ0) is 63.1. The van der Waals surface area contributed by atoms with Crippen LogP contribution in [0.25, 0.3) is 0 Å². The predicted octanol–water partition coefficient (Wildman–Crippen LogP) is 19.4. The molecule has 6 atom stereocenters. The summed E-state index contributed by atoms with van der Waals surface area (Å²) in [6.07, 6.45) is 71.7. The van der Waals surface area contributed by atoms with Crippen molar-refractivity contribution in [1.29, 1.82) is 0 Å². The second kappa shape index (κ2) is 61.6. The van der Waals surface area contributed by atoms with Crippen molar-refractivity contribution in [2.75, 3.05) is 13.2 Å². The van der Waals surface area contributed by atoms with E-state index in [9.17, 15) is 34.5 Å². The molecule has 1 saturated heterocycles. The first-order valence-electron chi connectivity index (χ1n) is 34.9. The molecule has 1 fully saturated rings. The monoisotopic (exact) mass is 1220 g/mol. The van der Waals surface area contributed by atoms with Gasteiger partial charge in [-0.05, 0) is 128 Å². The van der Waals surface area contributed by atoms with Gasteiger partial charge in [0.2, 0.25) is 0 Å². The van der Waals surface area contributed by atoms with Gasteiger partial charge in [0.15, 0.2) is 24.6 Å². The number of aliphatic carboxylic acids is 1. The zero-order valence-corrected chi connectivity index (χ0v) is 55.0. The highest BCUT2D eigenvalue weighted by molar-refractivity contribution is 5.74. The normalized spacial score (nSPS) is 18.0. The Morgan fingerprint density at radius 3 is 1.11 bits per heavy atom. The molecule has 0 aromatic heterocycles. The van der Waals surface area contributed by atoms with E-state index in [2.05, 4.69) is 130 Å². The highest BCUT2D eigenvalue weighted by Gasteiger charge is 2.50. The Kier molecular flexibility index (Phi) is 56.9. The molecule has 0 aliphatic carbocycles. The summed E-state index contributed by atoms with van der Waals surface area (Å²) in [7, 11) is 0. The third kappa shape index (κ3) is 50.9. The van der Waals surface area contributed by atoms with E-state index in [4.69, 9.17) is 23.7 Å². The van der Waals surface area contributed by atoms with E-state index in [0.717, 1.165) is 128 Å². The molecule has 0 bridgehead atoms. The van der Waals surface area contributed by atoms with Gasteiger partial charge in [-0.25, -0.2) is 4.79 Å². The van der Waals surface area contributed by atoms with Gasteiger partial charge in [0, 0.05) is 19.3 Å². The lowest BCUT2D eigenvalue weighted by molar-refractivity contribution is -0.301. The molecule has 0 radical (unpaired) electrons. The lowest BCUT2D eigenvalue weighted by Gasteiger charge is -2.40. The van der Waals surface area contributed by atoms with Crippen molar-refractivity contribution in [3.8, 4) is 0 Å². The number of esters is 3. The minimum Gasteiger partial charge on any atom is -0.479 e. The minimum atomic E-state index is -1.92. The fourth-order valence-electron chi connectivity index (χ4n) is 9.99. The number of aliphatic hydroxyl groups excluding tert-OH is 2. The number of carboxylic acids is 1. The van der Waals surface area contributed by atoms with Crippen LogP contribution in [0.4, 0.5) is 0 Å². The molecular weight excluding hydrogens is 1090 g/mol. The third-order valence-electron chi connectivity index (χ3n) is 15.3. The zero-order valence-electron chi connectivity index (χ0n) is 55.0. The van der Waals surface area contributed by atoms with Crippen LogP contribution in [0.2, 0.25) is 0 Å². The largest absolute Gasteiger partial charge is 0.479 e. The SMILES string of the molecule is CC/C=C\C/C=C\C/C=C\C/C=C\C/C=C\CCCCCC(=O)OCC(COC1OC(C(=O)O)C(O)C(O)C1OC(=O)CCCCCCCCCCC/C=C\C/C=C\CCCCC)OC(=O)CCCCCCCCCCC/C=C\C/C=C\CCCCC. The van der Waals surface area contributed by atoms with Gasteiger partial charge in [0.1, 0.15) is 18.8 Å². The van der Waals surface area contributed by atoms with Crippen LogP contribution in [0.5, 0.6) is 0 Å². The van der Waals surface area contributed by atoms with Crippen LogP contribution < -0.4 is 0 Å². The summed E-state index contributed by atoms with van der Waals surface area (Å²) in [4.78, 5) is 51.5. The summed E-state index contributed by atoms with van der Waals surface area (Å²) in [6.45, 7) is 5.84. The molecule has 6 unspecified atom stereocenters. The number of unbranched alkanes of at least 4 members (excludes halogenated alkanes) is 27. The van der Waals surface area contributed by atoms with Gasteiger partial charge in [-0.2, -0.15) is 0 Å². The van der Waals surface area contributed by atoms with Crippen LogP contribution in [0.3, 0.4) is 0 Å². The summed E-state index contributed by atoms with van der Waals surface area (Å²) in [5, 5.41) is 31.7. The molecule has 0 spiro atoms. The third-order valence-corrected chi connectivity index (χ3v) is 15.3. The van der Waals surface area contributed by atoms with E-state index in [1.165, 1.54) is 103 Å².